The fourth-order valence-corrected chi connectivity index (χ4v) is 3.06. The maximum Gasteiger partial charge on any atom is 0.0670 e. The molecule has 1 fully saturated rings. The summed E-state index contributed by atoms with van der Waals surface area (Å²) in [7, 11) is 0. The van der Waals surface area contributed by atoms with Crippen molar-refractivity contribution in [3.63, 3.8) is 0 Å². The van der Waals surface area contributed by atoms with Crippen LogP contribution >= 0.6 is 11.8 Å². The fourth-order valence-electron chi connectivity index (χ4n) is 1.76. The Kier molecular flexibility index (Phi) is 3.08. The first-order chi connectivity index (χ1) is 6.75. The van der Waals surface area contributed by atoms with Crippen molar-refractivity contribution in [1.29, 1.82) is 0 Å². The Morgan fingerprint density at radius 1 is 1.50 bits per heavy atom. The largest absolute Gasteiger partial charge is 0.392 e. The van der Waals surface area contributed by atoms with E-state index in [1.807, 2.05) is 36.9 Å². The molecule has 1 saturated heterocycles. The number of pyridine rings is 1. The van der Waals surface area contributed by atoms with Crippen molar-refractivity contribution in [2.45, 2.75) is 19.4 Å². The van der Waals surface area contributed by atoms with Gasteiger partial charge in [-0.25, -0.2) is 0 Å². The second kappa shape index (κ2) is 4.32. The Morgan fingerprint density at radius 2 is 2.36 bits per heavy atom. The van der Waals surface area contributed by atoms with Gasteiger partial charge in [0, 0.05) is 23.1 Å². The molecule has 2 heterocycles. The molecule has 76 valence electrons. The number of aliphatic hydroxyl groups excluding tert-OH is 1. The van der Waals surface area contributed by atoms with Crippen LogP contribution in [-0.2, 0) is 6.42 Å². The summed E-state index contributed by atoms with van der Waals surface area (Å²) in [6, 6.07) is 6.08. The number of thioether (sulfide) groups is 1. The van der Waals surface area contributed by atoms with Crippen LogP contribution in [0.3, 0.4) is 0 Å². The SMILES string of the molecule is Cc1cccc(CC2CSCC2O)n1. The van der Waals surface area contributed by atoms with E-state index in [0.717, 1.165) is 29.3 Å². The van der Waals surface area contributed by atoms with Gasteiger partial charge in [0.25, 0.3) is 0 Å². The first kappa shape index (κ1) is 9.99. The van der Waals surface area contributed by atoms with E-state index in [1.165, 1.54) is 0 Å². The molecule has 0 radical (unpaired) electrons. The summed E-state index contributed by atoms with van der Waals surface area (Å²) < 4.78 is 0. The Labute approximate surface area is 88.8 Å². The van der Waals surface area contributed by atoms with E-state index in [4.69, 9.17) is 0 Å². The van der Waals surface area contributed by atoms with Gasteiger partial charge in [0.1, 0.15) is 0 Å². The quantitative estimate of drug-likeness (QED) is 0.804. The van der Waals surface area contributed by atoms with Gasteiger partial charge < -0.3 is 5.11 Å². The van der Waals surface area contributed by atoms with Crippen LogP contribution in [-0.4, -0.2) is 27.7 Å². The predicted octanol–water partition coefficient (Wildman–Crippen LogP) is 1.66. The highest BCUT2D eigenvalue weighted by molar-refractivity contribution is 7.99. The maximum absolute atomic E-state index is 9.67. The third kappa shape index (κ3) is 2.28. The Balaban J connectivity index is 2.03. The van der Waals surface area contributed by atoms with Crippen LogP contribution in [0.4, 0.5) is 0 Å². The molecule has 2 atom stereocenters. The van der Waals surface area contributed by atoms with E-state index in [9.17, 15) is 5.11 Å². The van der Waals surface area contributed by atoms with Crippen LogP contribution in [0, 0.1) is 12.8 Å². The number of aryl methyl sites for hydroxylation is 1. The second-order valence-corrected chi connectivity index (χ2v) is 4.91. The molecule has 1 aliphatic rings. The highest BCUT2D eigenvalue weighted by atomic mass is 32.2. The third-order valence-corrected chi connectivity index (χ3v) is 3.82. The van der Waals surface area contributed by atoms with Crippen molar-refractivity contribution in [3.8, 4) is 0 Å². The lowest BCUT2D eigenvalue weighted by Crippen LogP contribution is -2.20. The molecule has 14 heavy (non-hydrogen) atoms. The van der Waals surface area contributed by atoms with Crippen molar-refractivity contribution in [2.24, 2.45) is 5.92 Å². The lowest BCUT2D eigenvalue weighted by atomic mass is 10.00. The lowest BCUT2D eigenvalue weighted by molar-refractivity contribution is 0.149. The molecule has 2 unspecified atom stereocenters. The summed E-state index contributed by atoms with van der Waals surface area (Å²) in [4.78, 5) is 4.45. The smallest absolute Gasteiger partial charge is 0.0670 e. The van der Waals surface area contributed by atoms with Gasteiger partial charge >= 0.3 is 0 Å². The van der Waals surface area contributed by atoms with E-state index < -0.39 is 0 Å². The van der Waals surface area contributed by atoms with Crippen LogP contribution in [0.25, 0.3) is 0 Å². The Hall–Kier alpha value is -0.540. The molecule has 3 heteroatoms. The fraction of sp³-hybridized carbons (Fsp3) is 0.545. The predicted molar refractivity (Wildman–Crippen MR) is 59.5 cm³/mol. The average Bonchev–Trinajstić information content (AvgIpc) is 2.52. The normalized spacial score (nSPS) is 26.7. The minimum atomic E-state index is -0.137. The highest BCUT2D eigenvalue weighted by Gasteiger charge is 2.26. The van der Waals surface area contributed by atoms with Crippen molar-refractivity contribution in [3.05, 3.63) is 29.6 Å². The number of hydrogen-bond acceptors (Lipinski definition) is 3. The van der Waals surface area contributed by atoms with Gasteiger partial charge in [-0.15, -0.1) is 0 Å². The number of nitrogens with zero attached hydrogens (tertiary/aromatic N) is 1. The summed E-state index contributed by atoms with van der Waals surface area (Å²) in [6.45, 7) is 2.00. The Bertz CT molecular complexity index is 316. The zero-order valence-electron chi connectivity index (χ0n) is 8.31. The topological polar surface area (TPSA) is 33.1 Å². The molecule has 1 aromatic rings. The van der Waals surface area contributed by atoms with Crippen molar-refractivity contribution < 1.29 is 5.11 Å². The summed E-state index contributed by atoms with van der Waals surface area (Å²) in [5.41, 5.74) is 2.17. The molecule has 0 spiro atoms. The van der Waals surface area contributed by atoms with Crippen LogP contribution in [0.15, 0.2) is 18.2 Å². The molecule has 0 bridgehead atoms. The van der Waals surface area contributed by atoms with Gasteiger partial charge in [0.05, 0.1) is 6.10 Å². The van der Waals surface area contributed by atoms with Gasteiger partial charge in [-0.2, -0.15) is 11.8 Å². The standard InChI is InChI=1S/C11H15NOS/c1-8-3-2-4-10(12-8)5-9-6-14-7-11(9)13/h2-4,9,11,13H,5-7H2,1H3. The van der Waals surface area contributed by atoms with Crippen LogP contribution in [0.5, 0.6) is 0 Å². The zero-order valence-corrected chi connectivity index (χ0v) is 9.13. The zero-order chi connectivity index (χ0) is 9.97. The molecule has 2 nitrogen and oxygen atoms in total. The van der Waals surface area contributed by atoms with Gasteiger partial charge in [0.15, 0.2) is 0 Å². The summed E-state index contributed by atoms with van der Waals surface area (Å²) >= 11 is 1.84. The number of aliphatic hydroxyl groups is 1. The molecule has 1 aromatic heterocycles. The molecule has 0 amide bonds. The minimum Gasteiger partial charge on any atom is -0.392 e. The highest BCUT2D eigenvalue weighted by Crippen LogP contribution is 2.26. The third-order valence-electron chi connectivity index (χ3n) is 2.58. The van der Waals surface area contributed by atoms with Crippen LogP contribution in [0.1, 0.15) is 11.4 Å². The van der Waals surface area contributed by atoms with Crippen molar-refractivity contribution >= 4 is 11.8 Å². The van der Waals surface area contributed by atoms with Gasteiger partial charge in [0.2, 0.25) is 0 Å². The van der Waals surface area contributed by atoms with Gasteiger partial charge in [-0.05, 0) is 31.2 Å². The number of rotatable bonds is 2. The molecular formula is C11H15NOS. The lowest BCUT2D eigenvalue weighted by Gasteiger charge is -2.12. The number of aromatic nitrogens is 1. The van der Waals surface area contributed by atoms with Gasteiger partial charge in [-0.1, -0.05) is 6.07 Å². The summed E-state index contributed by atoms with van der Waals surface area (Å²) in [5, 5.41) is 9.67. The molecular weight excluding hydrogens is 194 g/mol. The molecule has 2 rings (SSSR count). The summed E-state index contributed by atoms with van der Waals surface area (Å²) in [5.74, 6) is 2.35. The molecule has 0 saturated carbocycles. The van der Waals surface area contributed by atoms with Gasteiger partial charge in [-0.3, -0.25) is 4.98 Å². The van der Waals surface area contributed by atoms with Crippen molar-refractivity contribution in [2.75, 3.05) is 11.5 Å². The number of hydrogen-bond donors (Lipinski definition) is 1. The maximum atomic E-state index is 9.67. The Morgan fingerprint density at radius 3 is 3.00 bits per heavy atom. The minimum absolute atomic E-state index is 0.137. The van der Waals surface area contributed by atoms with Crippen LogP contribution in [0.2, 0.25) is 0 Å². The van der Waals surface area contributed by atoms with E-state index in [2.05, 4.69) is 4.98 Å². The average molecular weight is 209 g/mol. The van der Waals surface area contributed by atoms with E-state index in [-0.39, 0.29) is 6.10 Å². The molecule has 1 N–H and O–H groups in total. The van der Waals surface area contributed by atoms with E-state index in [0.29, 0.717) is 5.92 Å². The van der Waals surface area contributed by atoms with Crippen LogP contribution < -0.4 is 0 Å². The molecule has 0 aliphatic carbocycles. The second-order valence-electron chi connectivity index (χ2n) is 3.84. The molecule has 1 aliphatic heterocycles. The van der Waals surface area contributed by atoms with E-state index >= 15 is 0 Å². The van der Waals surface area contributed by atoms with Crippen molar-refractivity contribution in [1.82, 2.24) is 4.98 Å². The monoisotopic (exact) mass is 209 g/mol. The first-order valence-corrected chi connectivity index (χ1v) is 6.09. The van der Waals surface area contributed by atoms with E-state index in [1.54, 1.807) is 0 Å². The molecule has 0 aromatic carbocycles. The first-order valence-electron chi connectivity index (χ1n) is 4.94. The summed E-state index contributed by atoms with van der Waals surface area (Å²) in [6.07, 6.45) is 0.776.